The molecule has 4 saturated carbocycles. The average Bonchev–Trinajstić information content (AvgIpc) is 2.62. The number of carbonyl (C=O) groups excluding carboxylic acids is 2. The summed E-state index contributed by atoms with van der Waals surface area (Å²) in [5.41, 5.74) is 0.145. The molecule has 4 aliphatic carbocycles. The summed E-state index contributed by atoms with van der Waals surface area (Å²) in [6, 6.07) is 9.03. The van der Waals surface area contributed by atoms with Gasteiger partial charge in [0.2, 0.25) is 0 Å². The van der Waals surface area contributed by atoms with Crippen molar-refractivity contribution in [1.29, 1.82) is 0 Å². The van der Waals surface area contributed by atoms with Crippen molar-refractivity contribution in [3.63, 3.8) is 0 Å². The third kappa shape index (κ3) is 4.59. The highest BCUT2D eigenvalue weighted by molar-refractivity contribution is 5.82. The summed E-state index contributed by atoms with van der Waals surface area (Å²) in [6.45, 7) is 5.72. The van der Waals surface area contributed by atoms with Crippen LogP contribution in [0.15, 0.2) is 30.3 Å². The van der Waals surface area contributed by atoms with Gasteiger partial charge in [-0.1, -0.05) is 30.3 Å². The summed E-state index contributed by atoms with van der Waals surface area (Å²) < 4.78 is 11.2. The van der Waals surface area contributed by atoms with Crippen LogP contribution >= 0.6 is 0 Å². The minimum Gasteiger partial charge on any atom is -0.459 e. The van der Waals surface area contributed by atoms with Crippen LogP contribution in [-0.4, -0.2) is 23.7 Å². The summed E-state index contributed by atoms with van der Waals surface area (Å²) in [6.07, 6.45) is 6.29. The van der Waals surface area contributed by atoms with Crippen molar-refractivity contribution in [1.82, 2.24) is 5.32 Å². The van der Waals surface area contributed by atoms with Crippen LogP contribution < -0.4 is 5.32 Å². The largest absolute Gasteiger partial charge is 0.459 e. The minimum absolute atomic E-state index is 0.195. The first-order valence-corrected chi connectivity index (χ1v) is 10.9. The molecule has 0 heterocycles. The van der Waals surface area contributed by atoms with Crippen molar-refractivity contribution in [3.8, 4) is 0 Å². The van der Waals surface area contributed by atoms with Gasteiger partial charge in [-0.2, -0.15) is 0 Å². The summed E-state index contributed by atoms with van der Waals surface area (Å²) in [4.78, 5) is 25.8. The highest BCUT2D eigenvalue weighted by Crippen LogP contribution is 2.61. The van der Waals surface area contributed by atoms with Crippen LogP contribution in [0.5, 0.6) is 0 Å². The van der Waals surface area contributed by atoms with Crippen LogP contribution in [0.25, 0.3) is 0 Å². The van der Waals surface area contributed by atoms with Crippen LogP contribution in [-0.2, 0) is 20.9 Å². The Morgan fingerprint density at radius 2 is 1.59 bits per heavy atom. The quantitative estimate of drug-likeness (QED) is 0.720. The zero-order chi connectivity index (χ0) is 20.6. The second kappa shape index (κ2) is 7.66. The maximum Gasteiger partial charge on any atom is 0.408 e. The lowest BCUT2D eigenvalue weighted by atomic mass is 9.47. The molecule has 1 amide bonds. The number of rotatable bonds is 5. The molecule has 0 radical (unpaired) electrons. The minimum atomic E-state index is -0.644. The monoisotopic (exact) mass is 399 g/mol. The van der Waals surface area contributed by atoms with Gasteiger partial charge in [-0.05, 0) is 82.6 Å². The maximum absolute atomic E-state index is 13.2. The Bertz CT molecular complexity index is 717. The first kappa shape index (κ1) is 20.2. The van der Waals surface area contributed by atoms with E-state index in [0.717, 1.165) is 24.8 Å². The Morgan fingerprint density at radius 1 is 1.03 bits per heavy atom. The fourth-order valence-electron chi connectivity index (χ4n) is 6.23. The highest BCUT2D eigenvalue weighted by Gasteiger charge is 2.57. The predicted molar refractivity (Wildman–Crippen MR) is 110 cm³/mol. The summed E-state index contributed by atoms with van der Waals surface area (Å²) in [5.74, 6) is 1.69. The van der Waals surface area contributed by atoms with Gasteiger partial charge in [0, 0.05) is 5.41 Å². The molecule has 4 aliphatic rings. The number of benzene rings is 1. The molecule has 1 atom stereocenters. The topological polar surface area (TPSA) is 64.6 Å². The molecule has 4 bridgehead atoms. The van der Waals surface area contributed by atoms with Crippen LogP contribution in [0.1, 0.15) is 64.9 Å². The van der Waals surface area contributed by atoms with E-state index in [2.05, 4.69) is 5.32 Å². The van der Waals surface area contributed by atoms with Crippen molar-refractivity contribution >= 4 is 12.1 Å². The Morgan fingerprint density at radius 3 is 2.10 bits per heavy atom. The van der Waals surface area contributed by atoms with Crippen molar-refractivity contribution in [2.75, 3.05) is 0 Å². The number of hydrogen-bond acceptors (Lipinski definition) is 4. The van der Waals surface area contributed by atoms with E-state index in [9.17, 15) is 9.59 Å². The lowest BCUT2D eigenvalue weighted by Crippen LogP contribution is -2.60. The average molecular weight is 400 g/mol. The van der Waals surface area contributed by atoms with Gasteiger partial charge in [0.1, 0.15) is 18.2 Å². The summed E-state index contributed by atoms with van der Waals surface area (Å²) in [5, 5.41) is 2.93. The van der Waals surface area contributed by atoms with Crippen molar-refractivity contribution in [3.05, 3.63) is 35.9 Å². The van der Waals surface area contributed by atoms with E-state index in [1.54, 1.807) is 0 Å². The molecule has 0 aromatic heterocycles. The lowest BCUT2D eigenvalue weighted by molar-refractivity contribution is -0.159. The molecule has 29 heavy (non-hydrogen) atoms. The summed E-state index contributed by atoms with van der Waals surface area (Å²) in [7, 11) is 0. The lowest BCUT2D eigenvalue weighted by Gasteiger charge is -2.58. The molecule has 4 fully saturated rings. The van der Waals surface area contributed by atoms with Crippen molar-refractivity contribution in [2.45, 2.75) is 77.5 Å². The van der Waals surface area contributed by atoms with Gasteiger partial charge in [0.05, 0.1) is 0 Å². The molecule has 0 unspecified atom stereocenters. The maximum atomic E-state index is 13.2. The van der Waals surface area contributed by atoms with E-state index in [1.807, 2.05) is 51.1 Å². The Labute approximate surface area is 173 Å². The Balaban J connectivity index is 1.52. The molecule has 1 aromatic rings. The van der Waals surface area contributed by atoms with Gasteiger partial charge in [-0.3, -0.25) is 0 Å². The SMILES string of the molecule is CC(C)(C)OC(=O)N[C@H](C(=O)OCc1ccccc1)C12CC3CC(CC(C3)C1)C2. The fraction of sp³-hybridized carbons (Fsp3) is 0.667. The number of nitrogens with one attached hydrogen (secondary N) is 1. The molecule has 0 aliphatic heterocycles. The van der Waals surface area contributed by atoms with Gasteiger partial charge in [0.25, 0.3) is 0 Å². The smallest absolute Gasteiger partial charge is 0.408 e. The molecule has 5 rings (SSSR count). The molecule has 1 N–H and O–H groups in total. The molecule has 5 heteroatoms. The van der Waals surface area contributed by atoms with Crippen LogP contribution in [0.2, 0.25) is 0 Å². The Kier molecular flexibility index (Phi) is 5.34. The first-order valence-electron chi connectivity index (χ1n) is 10.9. The molecule has 5 nitrogen and oxygen atoms in total. The molecular weight excluding hydrogens is 366 g/mol. The molecule has 158 valence electrons. The van der Waals surface area contributed by atoms with Gasteiger partial charge in [0.15, 0.2) is 0 Å². The van der Waals surface area contributed by atoms with E-state index in [1.165, 1.54) is 19.3 Å². The molecule has 0 spiro atoms. The molecular formula is C24H33NO4. The van der Waals surface area contributed by atoms with Gasteiger partial charge in [-0.25, -0.2) is 9.59 Å². The zero-order valence-corrected chi connectivity index (χ0v) is 17.8. The second-order valence-corrected chi connectivity index (χ2v) is 10.5. The van der Waals surface area contributed by atoms with E-state index in [4.69, 9.17) is 9.47 Å². The van der Waals surface area contributed by atoms with E-state index >= 15 is 0 Å². The first-order chi connectivity index (χ1) is 13.7. The van der Waals surface area contributed by atoms with Crippen molar-refractivity contribution in [2.24, 2.45) is 23.2 Å². The van der Waals surface area contributed by atoms with Gasteiger partial charge >= 0.3 is 12.1 Å². The second-order valence-electron chi connectivity index (χ2n) is 10.5. The van der Waals surface area contributed by atoms with E-state index < -0.39 is 17.7 Å². The number of esters is 1. The zero-order valence-electron chi connectivity index (χ0n) is 17.8. The van der Waals surface area contributed by atoms with Crippen LogP contribution in [0, 0.1) is 23.2 Å². The highest BCUT2D eigenvalue weighted by atomic mass is 16.6. The normalized spacial score (nSPS) is 31.2. The fourth-order valence-corrected chi connectivity index (χ4v) is 6.23. The van der Waals surface area contributed by atoms with Crippen LogP contribution in [0.3, 0.4) is 0 Å². The number of alkyl carbamates (subject to hydrolysis) is 1. The summed E-state index contributed by atoms with van der Waals surface area (Å²) >= 11 is 0. The van der Waals surface area contributed by atoms with Gasteiger partial charge < -0.3 is 14.8 Å². The van der Waals surface area contributed by atoms with Crippen LogP contribution in [0.4, 0.5) is 4.79 Å². The standard InChI is InChI=1S/C24H33NO4/c1-23(2,3)29-22(27)25-20(21(26)28-15-16-7-5-4-6-8-16)24-12-17-9-18(13-24)11-19(10-17)14-24/h4-8,17-20H,9-15H2,1-3H3,(H,25,27)/t17?,18?,19?,20-,24?/m1/s1. The number of ether oxygens (including phenoxy) is 2. The number of hydrogen-bond donors (Lipinski definition) is 1. The van der Waals surface area contributed by atoms with E-state index in [0.29, 0.717) is 17.8 Å². The molecule has 1 aromatic carbocycles. The molecule has 0 saturated heterocycles. The third-order valence-electron chi connectivity index (χ3n) is 6.82. The Hall–Kier alpha value is -2.04. The van der Waals surface area contributed by atoms with Gasteiger partial charge in [-0.15, -0.1) is 0 Å². The van der Waals surface area contributed by atoms with E-state index in [-0.39, 0.29) is 18.0 Å². The number of amides is 1. The predicted octanol–water partition coefficient (Wildman–Crippen LogP) is 4.84. The van der Waals surface area contributed by atoms with Crippen molar-refractivity contribution < 1.29 is 19.1 Å². The number of carbonyl (C=O) groups is 2. The third-order valence-corrected chi connectivity index (χ3v) is 6.82.